The number of unbranched alkanes of at least 4 members (excludes halogenated alkanes) is 1. The Morgan fingerprint density at radius 1 is 1.57 bits per heavy atom. The molecule has 0 fully saturated rings. The predicted molar refractivity (Wildman–Crippen MR) is 55.4 cm³/mol. The average molecular weight is 203 g/mol. The topological polar surface area (TPSA) is 58.6 Å². The lowest BCUT2D eigenvalue weighted by atomic mass is 10.1. The maximum Gasteiger partial charge on any atom is 0.320 e. The van der Waals surface area contributed by atoms with Crippen molar-refractivity contribution in [2.75, 3.05) is 13.7 Å². The molecule has 0 rings (SSSR count). The highest BCUT2D eigenvalue weighted by molar-refractivity contribution is 5.73. The van der Waals surface area contributed by atoms with Crippen molar-refractivity contribution < 1.29 is 14.6 Å². The zero-order valence-corrected chi connectivity index (χ0v) is 9.25. The number of hydrogen-bond donors (Lipinski definition) is 2. The van der Waals surface area contributed by atoms with E-state index < -0.39 is 12.0 Å². The number of nitrogens with one attached hydrogen (secondary N) is 1. The molecule has 14 heavy (non-hydrogen) atoms. The van der Waals surface area contributed by atoms with Crippen molar-refractivity contribution in [1.29, 1.82) is 0 Å². The molecule has 0 aromatic carbocycles. The second-order valence-electron chi connectivity index (χ2n) is 3.49. The first-order chi connectivity index (χ1) is 6.61. The summed E-state index contributed by atoms with van der Waals surface area (Å²) in [5.41, 5.74) is 0. The van der Waals surface area contributed by atoms with Gasteiger partial charge in [-0.3, -0.25) is 4.79 Å². The fourth-order valence-corrected chi connectivity index (χ4v) is 1.11. The zero-order chi connectivity index (χ0) is 11.0. The highest BCUT2D eigenvalue weighted by atomic mass is 16.5. The van der Waals surface area contributed by atoms with Crippen molar-refractivity contribution in [2.45, 2.75) is 45.3 Å². The maximum atomic E-state index is 10.8. The quantitative estimate of drug-likeness (QED) is 0.623. The molecule has 0 saturated heterocycles. The van der Waals surface area contributed by atoms with Gasteiger partial charge in [-0.1, -0.05) is 19.8 Å². The van der Waals surface area contributed by atoms with Crippen LogP contribution in [0.1, 0.15) is 33.1 Å². The molecule has 0 spiro atoms. The summed E-state index contributed by atoms with van der Waals surface area (Å²) in [5.74, 6) is -0.776. The van der Waals surface area contributed by atoms with Gasteiger partial charge in [0.05, 0.1) is 6.10 Å². The minimum atomic E-state index is -0.776. The van der Waals surface area contributed by atoms with Crippen LogP contribution >= 0.6 is 0 Å². The van der Waals surface area contributed by atoms with Crippen LogP contribution in [0.25, 0.3) is 0 Å². The van der Waals surface area contributed by atoms with E-state index in [-0.39, 0.29) is 6.10 Å². The molecule has 0 aliphatic heterocycles. The van der Waals surface area contributed by atoms with Gasteiger partial charge in [0, 0.05) is 13.7 Å². The molecule has 0 heterocycles. The van der Waals surface area contributed by atoms with Gasteiger partial charge in [0.15, 0.2) is 0 Å². The lowest BCUT2D eigenvalue weighted by Gasteiger charge is -2.16. The van der Waals surface area contributed by atoms with Crippen molar-refractivity contribution in [1.82, 2.24) is 5.32 Å². The van der Waals surface area contributed by atoms with E-state index in [0.717, 1.165) is 12.8 Å². The Kier molecular flexibility index (Phi) is 7.42. The molecular formula is C10H21NO3. The second kappa shape index (κ2) is 7.76. The number of methoxy groups -OCH3 is 1. The second-order valence-corrected chi connectivity index (χ2v) is 3.49. The van der Waals surface area contributed by atoms with Gasteiger partial charge < -0.3 is 15.2 Å². The summed E-state index contributed by atoms with van der Waals surface area (Å²) >= 11 is 0. The number of aliphatic carboxylic acids is 1. The third-order valence-electron chi connectivity index (χ3n) is 2.20. The van der Waals surface area contributed by atoms with Gasteiger partial charge in [0.1, 0.15) is 6.04 Å². The van der Waals surface area contributed by atoms with E-state index in [1.165, 1.54) is 0 Å². The molecule has 0 aliphatic rings. The summed E-state index contributed by atoms with van der Waals surface area (Å²) in [6.07, 6.45) is 2.69. The maximum absolute atomic E-state index is 10.8. The van der Waals surface area contributed by atoms with E-state index in [9.17, 15) is 4.79 Å². The largest absolute Gasteiger partial charge is 0.480 e. The van der Waals surface area contributed by atoms with Crippen molar-refractivity contribution >= 4 is 5.97 Å². The van der Waals surface area contributed by atoms with Crippen molar-refractivity contribution in [3.63, 3.8) is 0 Å². The molecule has 84 valence electrons. The molecule has 0 bridgehead atoms. The van der Waals surface area contributed by atoms with Crippen LogP contribution in [0.2, 0.25) is 0 Å². The van der Waals surface area contributed by atoms with Crippen LogP contribution < -0.4 is 5.32 Å². The number of carboxylic acids is 1. The summed E-state index contributed by atoms with van der Waals surface area (Å²) < 4.78 is 5.03. The van der Waals surface area contributed by atoms with Gasteiger partial charge in [0.2, 0.25) is 0 Å². The number of ether oxygens (including phenoxy) is 1. The fraction of sp³-hybridized carbons (Fsp3) is 0.900. The Bertz CT molecular complexity index is 161. The Hall–Kier alpha value is -0.610. The minimum Gasteiger partial charge on any atom is -0.480 e. The molecule has 0 aromatic heterocycles. The first-order valence-corrected chi connectivity index (χ1v) is 5.10. The highest BCUT2D eigenvalue weighted by Gasteiger charge is 2.16. The lowest BCUT2D eigenvalue weighted by Crippen LogP contribution is -2.40. The average Bonchev–Trinajstić information content (AvgIpc) is 2.16. The third kappa shape index (κ3) is 5.94. The minimum absolute atomic E-state index is 0.0541. The molecule has 0 aliphatic carbocycles. The molecule has 2 atom stereocenters. The van der Waals surface area contributed by atoms with Gasteiger partial charge in [-0.25, -0.2) is 0 Å². The summed E-state index contributed by atoms with van der Waals surface area (Å²) in [6, 6.07) is -0.437. The smallest absolute Gasteiger partial charge is 0.320 e. The third-order valence-corrected chi connectivity index (χ3v) is 2.20. The van der Waals surface area contributed by atoms with Crippen LogP contribution in [0, 0.1) is 0 Å². The van der Waals surface area contributed by atoms with E-state index in [4.69, 9.17) is 9.84 Å². The van der Waals surface area contributed by atoms with Gasteiger partial charge in [-0.2, -0.15) is 0 Å². The highest BCUT2D eigenvalue weighted by Crippen LogP contribution is 2.01. The summed E-state index contributed by atoms with van der Waals surface area (Å²) in [7, 11) is 1.62. The van der Waals surface area contributed by atoms with E-state index in [0.29, 0.717) is 13.0 Å². The monoisotopic (exact) mass is 203 g/mol. The Morgan fingerprint density at radius 3 is 2.64 bits per heavy atom. The van der Waals surface area contributed by atoms with E-state index in [2.05, 4.69) is 12.2 Å². The van der Waals surface area contributed by atoms with Crippen LogP contribution in [0.5, 0.6) is 0 Å². The summed E-state index contributed by atoms with van der Waals surface area (Å²) in [4.78, 5) is 10.8. The molecule has 0 aromatic rings. The number of rotatable bonds is 8. The Balaban J connectivity index is 3.79. The molecule has 2 unspecified atom stereocenters. The van der Waals surface area contributed by atoms with Crippen LogP contribution in [-0.2, 0) is 9.53 Å². The molecular weight excluding hydrogens is 182 g/mol. The van der Waals surface area contributed by atoms with Crippen molar-refractivity contribution in [3.8, 4) is 0 Å². The first kappa shape index (κ1) is 13.4. The van der Waals surface area contributed by atoms with Gasteiger partial charge in [0.25, 0.3) is 0 Å². The molecule has 2 N–H and O–H groups in total. The fourth-order valence-electron chi connectivity index (χ4n) is 1.11. The van der Waals surface area contributed by atoms with E-state index >= 15 is 0 Å². The zero-order valence-electron chi connectivity index (χ0n) is 9.25. The van der Waals surface area contributed by atoms with Crippen molar-refractivity contribution in [3.05, 3.63) is 0 Å². The predicted octanol–water partition coefficient (Wildman–Crippen LogP) is 1.25. The van der Waals surface area contributed by atoms with Crippen molar-refractivity contribution in [2.24, 2.45) is 0 Å². The normalized spacial score (nSPS) is 15.1. The standard InChI is InChI=1S/C10H21NO3/c1-4-5-6-9(10(12)13)11-7-8(2)14-3/h8-9,11H,4-7H2,1-3H3,(H,12,13). The molecule has 4 nitrogen and oxygen atoms in total. The molecule has 4 heteroatoms. The van der Waals surface area contributed by atoms with Crippen LogP contribution in [0.15, 0.2) is 0 Å². The van der Waals surface area contributed by atoms with Crippen LogP contribution in [0.3, 0.4) is 0 Å². The Morgan fingerprint density at radius 2 is 2.21 bits per heavy atom. The van der Waals surface area contributed by atoms with E-state index in [1.807, 2.05) is 6.92 Å². The van der Waals surface area contributed by atoms with Crippen LogP contribution in [-0.4, -0.2) is 36.9 Å². The van der Waals surface area contributed by atoms with Crippen LogP contribution in [0.4, 0.5) is 0 Å². The number of carboxylic acid groups (broad SMARTS) is 1. The van der Waals surface area contributed by atoms with Gasteiger partial charge >= 0.3 is 5.97 Å². The first-order valence-electron chi connectivity index (χ1n) is 5.10. The molecule has 0 amide bonds. The number of hydrogen-bond acceptors (Lipinski definition) is 3. The number of carbonyl (C=O) groups is 1. The van der Waals surface area contributed by atoms with E-state index in [1.54, 1.807) is 7.11 Å². The Labute approximate surface area is 85.6 Å². The van der Waals surface area contributed by atoms with Gasteiger partial charge in [-0.05, 0) is 13.3 Å². The van der Waals surface area contributed by atoms with Gasteiger partial charge in [-0.15, -0.1) is 0 Å². The lowest BCUT2D eigenvalue weighted by molar-refractivity contribution is -0.139. The molecule has 0 saturated carbocycles. The molecule has 0 radical (unpaired) electrons. The summed E-state index contributed by atoms with van der Waals surface area (Å²) in [6.45, 7) is 4.54. The summed E-state index contributed by atoms with van der Waals surface area (Å²) in [5, 5.41) is 11.9. The SMILES string of the molecule is CCCCC(NCC(C)OC)C(=O)O.